The molecule has 1 amide bonds. The van der Waals surface area contributed by atoms with Gasteiger partial charge in [-0.3, -0.25) is 9.78 Å². The lowest BCUT2D eigenvalue weighted by molar-refractivity contribution is -0.120. The summed E-state index contributed by atoms with van der Waals surface area (Å²) in [5.41, 5.74) is 0.967. The Labute approximate surface area is 108 Å². The van der Waals surface area contributed by atoms with Crippen LogP contribution in [0.5, 0.6) is 0 Å². The van der Waals surface area contributed by atoms with E-state index in [1.807, 2.05) is 12.1 Å². The molecule has 0 saturated carbocycles. The zero-order valence-electron chi connectivity index (χ0n) is 10.7. The predicted octanol–water partition coefficient (Wildman–Crippen LogP) is 1.13. The molecule has 1 fully saturated rings. The first-order valence-corrected chi connectivity index (χ1v) is 6.71. The van der Waals surface area contributed by atoms with Crippen LogP contribution in [-0.2, 0) is 11.2 Å². The molecule has 0 radical (unpaired) electrons. The quantitative estimate of drug-likeness (QED) is 0.820. The maximum Gasteiger partial charge on any atom is 0.224 e. The smallest absolute Gasteiger partial charge is 0.224 e. The minimum atomic E-state index is 0.0896. The lowest BCUT2D eigenvalue weighted by Crippen LogP contribution is -2.33. The van der Waals surface area contributed by atoms with E-state index in [9.17, 15) is 4.79 Å². The average Bonchev–Trinajstić information content (AvgIpc) is 2.41. The first kappa shape index (κ1) is 13.0. The van der Waals surface area contributed by atoms with Crippen LogP contribution in [0.3, 0.4) is 0 Å². The van der Waals surface area contributed by atoms with Crippen molar-refractivity contribution >= 4 is 5.91 Å². The average molecular weight is 247 g/mol. The van der Waals surface area contributed by atoms with Gasteiger partial charge in [0.1, 0.15) is 0 Å². The summed E-state index contributed by atoms with van der Waals surface area (Å²) in [6, 6.07) is 3.79. The highest BCUT2D eigenvalue weighted by Crippen LogP contribution is 2.12. The molecule has 1 saturated heterocycles. The lowest BCUT2D eigenvalue weighted by atomic mass is 9.96. The van der Waals surface area contributed by atoms with Crippen molar-refractivity contribution in [3.63, 3.8) is 0 Å². The summed E-state index contributed by atoms with van der Waals surface area (Å²) in [6.45, 7) is 3.02. The molecular weight excluding hydrogens is 226 g/mol. The Morgan fingerprint density at radius 3 is 3.22 bits per heavy atom. The van der Waals surface area contributed by atoms with Gasteiger partial charge in [0.2, 0.25) is 5.91 Å². The minimum Gasteiger partial charge on any atom is -0.356 e. The normalized spacial score (nSPS) is 19.4. The van der Waals surface area contributed by atoms with Gasteiger partial charge in [-0.05, 0) is 49.9 Å². The van der Waals surface area contributed by atoms with Gasteiger partial charge in [0.25, 0.3) is 0 Å². The summed E-state index contributed by atoms with van der Waals surface area (Å²) in [5, 5.41) is 6.38. The van der Waals surface area contributed by atoms with Crippen molar-refractivity contribution in [1.29, 1.82) is 0 Å². The van der Waals surface area contributed by atoms with Crippen LogP contribution in [0.4, 0.5) is 0 Å². The van der Waals surface area contributed by atoms with Crippen LogP contribution in [0, 0.1) is 5.92 Å². The van der Waals surface area contributed by atoms with Crippen molar-refractivity contribution < 1.29 is 4.79 Å². The molecule has 0 bridgehead atoms. The number of hydrogen-bond donors (Lipinski definition) is 2. The van der Waals surface area contributed by atoms with Crippen LogP contribution in [0.15, 0.2) is 24.5 Å². The Bertz CT molecular complexity index is 361. The van der Waals surface area contributed by atoms with Gasteiger partial charge >= 0.3 is 0 Å². The molecule has 4 nitrogen and oxygen atoms in total. The summed E-state index contributed by atoms with van der Waals surface area (Å²) in [6.07, 6.45) is 7.50. The van der Waals surface area contributed by atoms with Crippen LogP contribution in [0.25, 0.3) is 0 Å². The molecule has 1 aromatic rings. The maximum atomic E-state index is 11.7. The summed E-state index contributed by atoms with van der Waals surface area (Å²) >= 11 is 0. The Morgan fingerprint density at radius 2 is 2.50 bits per heavy atom. The highest BCUT2D eigenvalue weighted by molar-refractivity contribution is 5.78. The van der Waals surface area contributed by atoms with E-state index in [2.05, 4.69) is 15.6 Å². The highest BCUT2D eigenvalue weighted by atomic mass is 16.1. The van der Waals surface area contributed by atoms with Crippen molar-refractivity contribution in [1.82, 2.24) is 15.6 Å². The third kappa shape index (κ3) is 4.45. The van der Waals surface area contributed by atoms with Crippen LogP contribution < -0.4 is 10.6 Å². The number of nitrogens with zero attached hydrogens (tertiary/aromatic N) is 1. The number of pyridine rings is 1. The van der Waals surface area contributed by atoms with Crippen molar-refractivity contribution in [2.45, 2.75) is 25.7 Å². The van der Waals surface area contributed by atoms with Crippen molar-refractivity contribution in [2.24, 2.45) is 5.92 Å². The van der Waals surface area contributed by atoms with E-state index < -0.39 is 0 Å². The molecule has 2 N–H and O–H groups in total. The number of piperidine rings is 1. The van der Waals surface area contributed by atoms with E-state index in [4.69, 9.17) is 0 Å². The standard InChI is InChI=1S/C14H21N3O/c18-14(9-13-4-2-7-16-11-13)17-8-5-12-3-1-6-15-10-12/h2,4,7,11-12,15H,1,3,5-6,8-10H2,(H,17,18). The monoisotopic (exact) mass is 247 g/mol. The lowest BCUT2D eigenvalue weighted by Gasteiger charge is -2.22. The van der Waals surface area contributed by atoms with Gasteiger partial charge in [0.15, 0.2) is 0 Å². The van der Waals surface area contributed by atoms with E-state index in [-0.39, 0.29) is 5.91 Å². The maximum absolute atomic E-state index is 11.7. The second-order valence-corrected chi connectivity index (χ2v) is 4.89. The Balaban J connectivity index is 1.62. The Morgan fingerprint density at radius 1 is 1.56 bits per heavy atom. The fourth-order valence-corrected chi connectivity index (χ4v) is 2.34. The van der Waals surface area contributed by atoms with Gasteiger partial charge in [0.05, 0.1) is 6.42 Å². The topological polar surface area (TPSA) is 54.0 Å². The SMILES string of the molecule is O=C(Cc1cccnc1)NCCC1CCCNC1. The molecule has 2 rings (SSSR count). The first-order chi connectivity index (χ1) is 8.84. The molecule has 1 aromatic heterocycles. The van der Waals surface area contributed by atoms with Gasteiger partial charge in [-0.15, -0.1) is 0 Å². The van der Waals surface area contributed by atoms with Crippen LogP contribution in [0.2, 0.25) is 0 Å². The third-order valence-electron chi connectivity index (χ3n) is 3.36. The third-order valence-corrected chi connectivity index (χ3v) is 3.36. The number of nitrogens with one attached hydrogen (secondary N) is 2. The van der Waals surface area contributed by atoms with Gasteiger partial charge < -0.3 is 10.6 Å². The molecule has 98 valence electrons. The number of amides is 1. The van der Waals surface area contributed by atoms with E-state index >= 15 is 0 Å². The number of carbonyl (C=O) groups is 1. The first-order valence-electron chi connectivity index (χ1n) is 6.71. The molecule has 0 spiro atoms. The number of hydrogen-bond acceptors (Lipinski definition) is 3. The van der Waals surface area contributed by atoms with Crippen molar-refractivity contribution in [3.05, 3.63) is 30.1 Å². The predicted molar refractivity (Wildman–Crippen MR) is 71.2 cm³/mol. The van der Waals surface area contributed by atoms with Crippen LogP contribution in [-0.4, -0.2) is 30.5 Å². The molecule has 0 aliphatic carbocycles. The van der Waals surface area contributed by atoms with E-state index in [0.29, 0.717) is 6.42 Å². The largest absolute Gasteiger partial charge is 0.356 e. The molecule has 2 heterocycles. The molecule has 4 heteroatoms. The van der Waals surface area contributed by atoms with Crippen LogP contribution >= 0.6 is 0 Å². The zero-order chi connectivity index (χ0) is 12.6. The van der Waals surface area contributed by atoms with E-state index in [1.54, 1.807) is 12.4 Å². The molecule has 1 aliphatic rings. The van der Waals surface area contributed by atoms with Gasteiger partial charge in [-0.2, -0.15) is 0 Å². The van der Waals surface area contributed by atoms with E-state index in [1.165, 1.54) is 12.8 Å². The number of carbonyl (C=O) groups excluding carboxylic acids is 1. The fraction of sp³-hybridized carbons (Fsp3) is 0.571. The fourth-order valence-electron chi connectivity index (χ4n) is 2.34. The Hall–Kier alpha value is -1.42. The second-order valence-electron chi connectivity index (χ2n) is 4.89. The summed E-state index contributed by atoms with van der Waals surface area (Å²) in [5.74, 6) is 0.809. The highest BCUT2D eigenvalue weighted by Gasteiger charge is 2.12. The summed E-state index contributed by atoms with van der Waals surface area (Å²) < 4.78 is 0. The molecule has 18 heavy (non-hydrogen) atoms. The summed E-state index contributed by atoms with van der Waals surface area (Å²) in [7, 11) is 0. The van der Waals surface area contributed by atoms with Gasteiger partial charge in [-0.25, -0.2) is 0 Å². The molecule has 1 aliphatic heterocycles. The van der Waals surface area contributed by atoms with Gasteiger partial charge in [0, 0.05) is 18.9 Å². The summed E-state index contributed by atoms with van der Waals surface area (Å²) in [4.78, 5) is 15.7. The van der Waals surface area contributed by atoms with E-state index in [0.717, 1.165) is 37.5 Å². The Kier molecular flexibility index (Phi) is 5.15. The number of rotatable bonds is 5. The molecular formula is C14H21N3O. The zero-order valence-corrected chi connectivity index (χ0v) is 10.7. The molecule has 1 unspecified atom stereocenters. The van der Waals surface area contributed by atoms with Crippen molar-refractivity contribution in [3.8, 4) is 0 Å². The second kappa shape index (κ2) is 7.11. The minimum absolute atomic E-state index is 0.0896. The molecule has 0 aromatic carbocycles. The number of aromatic nitrogens is 1. The van der Waals surface area contributed by atoms with Crippen LogP contribution in [0.1, 0.15) is 24.8 Å². The van der Waals surface area contributed by atoms with Gasteiger partial charge in [-0.1, -0.05) is 6.07 Å². The van der Waals surface area contributed by atoms with Crippen molar-refractivity contribution in [2.75, 3.05) is 19.6 Å². The molecule has 1 atom stereocenters.